The fourth-order valence-corrected chi connectivity index (χ4v) is 2.44. The van der Waals surface area contributed by atoms with Crippen LogP contribution in [0.25, 0.3) is 0 Å². The highest BCUT2D eigenvalue weighted by Gasteiger charge is 2.20. The maximum absolute atomic E-state index is 13.1. The Balaban J connectivity index is 1.70. The number of nitrogens with one attached hydrogen (secondary N) is 2. The third-order valence-electron chi connectivity index (χ3n) is 3.83. The molecule has 1 aliphatic rings. The molecular formula is C16H20F2N4O3. The second-order valence-corrected chi connectivity index (χ2v) is 5.74. The van der Waals surface area contributed by atoms with Crippen LogP contribution in [0.2, 0.25) is 0 Å². The number of halogens is 2. The van der Waals surface area contributed by atoms with Crippen molar-refractivity contribution in [3.63, 3.8) is 0 Å². The van der Waals surface area contributed by atoms with E-state index in [0.29, 0.717) is 26.2 Å². The van der Waals surface area contributed by atoms with Crippen LogP contribution in [0, 0.1) is 11.6 Å². The molecule has 1 saturated heterocycles. The Morgan fingerprint density at radius 3 is 2.32 bits per heavy atom. The molecule has 0 atom stereocenters. The highest BCUT2D eigenvalue weighted by Crippen LogP contribution is 2.12. The normalized spacial score (nSPS) is 14.9. The lowest BCUT2D eigenvalue weighted by Gasteiger charge is -2.33. The van der Waals surface area contributed by atoms with Gasteiger partial charge in [-0.2, -0.15) is 0 Å². The zero-order chi connectivity index (χ0) is 18.4. The predicted molar refractivity (Wildman–Crippen MR) is 86.7 cm³/mol. The molecule has 3 amide bonds. The quantitative estimate of drug-likeness (QED) is 0.791. The van der Waals surface area contributed by atoms with E-state index < -0.39 is 17.5 Å². The van der Waals surface area contributed by atoms with Gasteiger partial charge in [-0.25, -0.2) is 8.78 Å². The Kier molecular flexibility index (Phi) is 6.40. The summed E-state index contributed by atoms with van der Waals surface area (Å²) in [6.45, 7) is 3.68. The van der Waals surface area contributed by atoms with E-state index >= 15 is 0 Å². The van der Waals surface area contributed by atoms with Gasteiger partial charge in [0, 0.05) is 44.9 Å². The summed E-state index contributed by atoms with van der Waals surface area (Å²) >= 11 is 0. The summed E-state index contributed by atoms with van der Waals surface area (Å²) in [5.41, 5.74) is 0.110. The molecule has 0 saturated carbocycles. The van der Waals surface area contributed by atoms with Gasteiger partial charge in [0.05, 0.1) is 13.1 Å². The third kappa shape index (κ3) is 5.79. The van der Waals surface area contributed by atoms with Gasteiger partial charge < -0.3 is 15.5 Å². The van der Waals surface area contributed by atoms with E-state index in [1.807, 2.05) is 4.90 Å². The van der Waals surface area contributed by atoms with Crippen LogP contribution in [0.15, 0.2) is 18.2 Å². The maximum atomic E-state index is 13.1. The van der Waals surface area contributed by atoms with Crippen molar-refractivity contribution in [2.75, 3.05) is 44.6 Å². The Morgan fingerprint density at radius 1 is 1.04 bits per heavy atom. The van der Waals surface area contributed by atoms with E-state index in [1.165, 1.54) is 13.0 Å². The highest BCUT2D eigenvalue weighted by molar-refractivity contribution is 5.94. The van der Waals surface area contributed by atoms with Crippen molar-refractivity contribution in [3.8, 4) is 0 Å². The summed E-state index contributed by atoms with van der Waals surface area (Å²) < 4.78 is 25.9. The number of nitrogens with zero attached hydrogens (tertiary/aromatic N) is 2. The Labute approximate surface area is 144 Å². The van der Waals surface area contributed by atoms with Gasteiger partial charge >= 0.3 is 0 Å². The van der Waals surface area contributed by atoms with E-state index in [0.717, 1.165) is 12.1 Å². The van der Waals surface area contributed by atoms with Crippen molar-refractivity contribution >= 4 is 23.4 Å². The van der Waals surface area contributed by atoms with E-state index in [9.17, 15) is 23.2 Å². The lowest BCUT2D eigenvalue weighted by atomic mass is 10.3. The van der Waals surface area contributed by atoms with Crippen molar-refractivity contribution in [1.29, 1.82) is 0 Å². The number of carbonyl (C=O) groups is 3. The molecule has 1 aromatic rings. The molecule has 1 fully saturated rings. The first-order chi connectivity index (χ1) is 11.8. The largest absolute Gasteiger partial charge is 0.346 e. The van der Waals surface area contributed by atoms with E-state index in [1.54, 1.807) is 4.90 Å². The number of carbonyl (C=O) groups excluding carboxylic acids is 3. The van der Waals surface area contributed by atoms with Gasteiger partial charge in [0.2, 0.25) is 17.7 Å². The van der Waals surface area contributed by atoms with Gasteiger partial charge in [0.1, 0.15) is 0 Å². The number of anilines is 1. The summed E-state index contributed by atoms with van der Waals surface area (Å²) in [7, 11) is 0. The average molecular weight is 354 g/mol. The molecule has 25 heavy (non-hydrogen) atoms. The minimum Gasteiger partial charge on any atom is -0.346 e. The Bertz CT molecular complexity index is 661. The van der Waals surface area contributed by atoms with Crippen LogP contribution >= 0.6 is 0 Å². The fraction of sp³-hybridized carbons (Fsp3) is 0.438. The molecule has 1 heterocycles. The molecule has 1 aromatic carbocycles. The fourth-order valence-electron chi connectivity index (χ4n) is 2.44. The lowest BCUT2D eigenvalue weighted by Crippen LogP contribution is -2.51. The summed E-state index contributed by atoms with van der Waals surface area (Å²) in [5.74, 6) is -2.92. The predicted octanol–water partition coefficient (Wildman–Crippen LogP) is 0.184. The summed E-state index contributed by atoms with van der Waals surface area (Å²) in [4.78, 5) is 38.4. The van der Waals surface area contributed by atoms with Crippen molar-refractivity contribution in [2.45, 2.75) is 6.92 Å². The zero-order valence-electron chi connectivity index (χ0n) is 13.8. The van der Waals surface area contributed by atoms with Gasteiger partial charge in [-0.3, -0.25) is 19.3 Å². The summed E-state index contributed by atoms with van der Waals surface area (Å²) in [6, 6.07) is 3.00. The van der Waals surface area contributed by atoms with Gasteiger partial charge in [-0.15, -0.1) is 0 Å². The van der Waals surface area contributed by atoms with Gasteiger partial charge in [-0.1, -0.05) is 0 Å². The maximum Gasteiger partial charge on any atom is 0.243 e. The summed E-state index contributed by atoms with van der Waals surface area (Å²) in [6.07, 6.45) is 0. The molecule has 9 heteroatoms. The Hall–Kier alpha value is -2.55. The molecule has 0 aliphatic carbocycles. The van der Waals surface area contributed by atoms with Crippen molar-refractivity contribution in [1.82, 2.24) is 15.1 Å². The second-order valence-electron chi connectivity index (χ2n) is 5.74. The average Bonchev–Trinajstić information content (AvgIpc) is 2.57. The molecule has 0 spiro atoms. The van der Waals surface area contributed by atoms with Gasteiger partial charge in [0.25, 0.3) is 0 Å². The van der Waals surface area contributed by atoms with Gasteiger partial charge in [0.15, 0.2) is 11.6 Å². The first kappa shape index (κ1) is 18.8. The third-order valence-corrected chi connectivity index (χ3v) is 3.83. The van der Waals surface area contributed by atoms with E-state index in [2.05, 4.69) is 10.6 Å². The van der Waals surface area contributed by atoms with Crippen LogP contribution in [0.4, 0.5) is 14.5 Å². The minimum absolute atomic E-state index is 0.0120. The molecule has 0 radical (unpaired) electrons. The van der Waals surface area contributed by atoms with Crippen LogP contribution in [-0.2, 0) is 14.4 Å². The molecule has 136 valence electrons. The molecule has 0 aromatic heterocycles. The van der Waals surface area contributed by atoms with Crippen molar-refractivity contribution in [2.24, 2.45) is 0 Å². The van der Waals surface area contributed by atoms with Crippen molar-refractivity contribution in [3.05, 3.63) is 29.8 Å². The monoisotopic (exact) mass is 354 g/mol. The zero-order valence-corrected chi connectivity index (χ0v) is 13.8. The molecule has 2 N–H and O–H groups in total. The van der Waals surface area contributed by atoms with Crippen LogP contribution in [-0.4, -0.2) is 66.8 Å². The van der Waals surface area contributed by atoms with E-state index in [-0.39, 0.29) is 30.6 Å². The minimum atomic E-state index is -1.06. The lowest BCUT2D eigenvalue weighted by molar-refractivity contribution is -0.131. The topological polar surface area (TPSA) is 81.8 Å². The molecule has 0 unspecified atom stereocenters. The van der Waals surface area contributed by atoms with Gasteiger partial charge in [-0.05, 0) is 12.1 Å². The molecule has 2 rings (SSSR count). The second kappa shape index (κ2) is 8.52. The first-order valence-electron chi connectivity index (χ1n) is 7.84. The molecule has 7 nitrogen and oxygen atoms in total. The van der Waals surface area contributed by atoms with Crippen LogP contribution in [0.5, 0.6) is 0 Å². The van der Waals surface area contributed by atoms with E-state index in [4.69, 9.17) is 0 Å². The number of rotatable bonds is 5. The number of piperazine rings is 1. The number of hydrogen-bond donors (Lipinski definition) is 2. The van der Waals surface area contributed by atoms with Crippen molar-refractivity contribution < 1.29 is 23.2 Å². The molecule has 1 aliphatic heterocycles. The number of hydrogen-bond acceptors (Lipinski definition) is 4. The molecular weight excluding hydrogens is 334 g/mol. The Morgan fingerprint density at radius 2 is 1.72 bits per heavy atom. The smallest absolute Gasteiger partial charge is 0.243 e. The summed E-state index contributed by atoms with van der Waals surface area (Å²) in [5, 5.41) is 4.84. The standard InChI is InChI=1S/C16H20F2N4O3/c1-11(23)22-6-4-21(5-7-22)10-16(25)19-9-15(24)20-12-2-3-13(17)14(18)8-12/h2-3,8H,4-7,9-10H2,1H3,(H,19,25)(H,20,24). The first-order valence-corrected chi connectivity index (χ1v) is 7.84. The van der Waals surface area contributed by atoms with Crippen LogP contribution in [0.3, 0.4) is 0 Å². The van der Waals surface area contributed by atoms with Crippen LogP contribution in [0.1, 0.15) is 6.92 Å². The van der Waals surface area contributed by atoms with Crippen LogP contribution < -0.4 is 10.6 Å². The highest BCUT2D eigenvalue weighted by atomic mass is 19.2. The number of benzene rings is 1. The number of amides is 3. The SMILES string of the molecule is CC(=O)N1CCN(CC(=O)NCC(=O)Nc2ccc(F)c(F)c2)CC1. The molecule has 0 bridgehead atoms.